The minimum absolute atomic E-state index is 0.0528. The van der Waals surface area contributed by atoms with Crippen molar-refractivity contribution in [3.8, 4) is 0 Å². The van der Waals surface area contributed by atoms with Gasteiger partial charge in [0.25, 0.3) is 0 Å². The summed E-state index contributed by atoms with van der Waals surface area (Å²) in [5.41, 5.74) is 2.70. The van der Waals surface area contributed by atoms with Gasteiger partial charge >= 0.3 is 0 Å². The van der Waals surface area contributed by atoms with Crippen molar-refractivity contribution in [3.63, 3.8) is 0 Å². The molecule has 0 spiro atoms. The van der Waals surface area contributed by atoms with Crippen LogP contribution in [-0.4, -0.2) is 11.7 Å². The van der Waals surface area contributed by atoms with Crippen LogP contribution in [0.15, 0.2) is 60.7 Å². The van der Waals surface area contributed by atoms with Gasteiger partial charge in [-0.3, -0.25) is 0 Å². The van der Waals surface area contributed by atoms with E-state index in [1.165, 1.54) is 11.1 Å². The van der Waals surface area contributed by atoms with Crippen molar-refractivity contribution in [1.29, 1.82) is 0 Å². The highest BCUT2D eigenvalue weighted by Gasteiger charge is 2.55. The quantitative estimate of drug-likeness (QED) is 0.849. The van der Waals surface area contributed by atoms with Gasteiger partial charge in [-0.05, 0) is 23.5 Å². The Labute approximate surface area is 102 Å². The Hall–Kier alpha value is -1.60. The lowest BCUT2D eigenvalue weighted by atomic mass is 9.86. The molecule has 0 amide bonds. The third-order valence-corrected chi connectivity index (χ3v) is 3.90. The Morgan fingerprint density at radius 2 is 1.35 bits per heavy atom. The number of aliphatic hydroxyl groups excluding tert-OH is 1. The molecule has 2 aromatic rings. The molecule has 1 aliphatic carbocycles. The van der Waals surface area contributed by atoms with Crippen LogP contribution in [0.1, 0.15) is 17.5 Å². The second-order valence-electron chi connectivity index (χ2n) is 4.79. The molecule has 0 radical (unpaired) electrons. The monoisotopic (exact) mass is 224 g/mol. The van der Waals surface area contributed by atoms with Gasteiger partial charge in [-0.15, -0.1) is 0 Å². The standard InChI is InChI=1S/C16H16O/c17-12-15-11-16(15,13-7-3-1-4-8-13)14-9-5-2-6-10-14/h1-10,15,17H,11-12H2/t15-/m0/s1. The van der Waals surface area contributed by atoms with E-state index in [0.29, 0.717) is 5.92 Å². The van der Waals surface area contributed by atoms with Gasteiger partial charge in [0.15, 0.2) is 0 Å². The maximum atomic E-state index is 9.46. The molecule has 86 valence electrons. The molecule has 1 saturated carbocycles. The number of benzene rings is 2. The van der Waals surface area contributed by atoms with Crippen molar-refractivity contribution >= 4 is 0 Å². The number of hydrogen-bond acceptors (Lipinski definition) is 1. The lowest BCUT2D eigenvalue weighted by Gasteiger charge is -2.18. The average molecular weight is 224 g/mol. The average Bonchev–Trinajstić information content (AvgIpc) is 3.17. The topological polar surface area (TPSA) is 20.2 Å². The normalized spacial score (nSPS) is 21.1. The van der Waals surface area contributed by atoms with Crippen molar-refractivity contribution in [2.45, 2.75) is 11.8 Å². The van der Waals surface area contributed by atoms with Gasteiger partial charge < -0.3 is 5.11 Å². The first-order valence-electron chi connectivity index (χ1n) is 6.10. The van der Waals surface area contributed by atoms with Crippen LogP contribution in [0.25, 0.3) is 0 Å². The van der Waals surface area contributed by atoms with E-state index >= 15 is 0 Å². The fourth-order valence-corrected chi connectivity index (χ4v) is 2.90. The molecule has 2 aromatic carbocycles. The zero-order valence-corrected chi connectivity index (χ0v) is 9.71. The fourth-order valence-electron chi connectivity index (χ4n) is 2.90. The van der Waals surface area contributed by atoms with Gasteiger partial charge in [0.1, 0.15) is 0 Å². The smallest absolute Gasteiger partial charge is 0.0471 e. The maximum Gasteiger partial charge on any atom is 0.0471 e. The highest BCUT2D eigenvalue weighted by molar-refractivity contribution is 5.46. The van der Waals surface area contributed by atoms with E-state index in [0.717, 1.165) is 6.42 Å². The summed E-state index contributed by atoms with van der Waals surface area (Å²) in [5, 5.41) is 9.46. The van der Waals surface area contributed by atoms with Crippen LogP contribution < -0.4 is 0 Å². The van der Waals surface area contributed by atoms with Crippen LogP contribution in [0, 0.1) is 5.92 Å². The van der Waals surface area contributed by atoms with Gasteiger partial charge in [0.05, 0.1) is 0 Å². The highest BCUT2D eigenvalue weighted by Crippen LogP contribution is 2.58. The summed E-state index contributed by atoms with van der Waals surface area (Å²) >= 11 is 0. The third kappa shape index (κ3) is 1.58. The SMILES string of the molecule is OC[C@@H]1CC1(c1ccccc1)c1ccccc1. The van der Waals surface area contributed by atoms with Crippen molar-refractivity contribution in [3.05, 3.63) is 71.8 Å². The zero-order valence-electron chi connectivity index (χ0n) is 9.71. The Morgan fingerprint density at radius 3 is 1.71 bits per heavy atom. The molecule has 0 heterocycles. The first-order valence-corrected chi connectivity index (χ1v) is 6.10. The molecule has 17 heavy (non-hydrogen) atoms. The third-order valence-electron chi connectivity index (χ3n) is 3.90. The van der Waals surface area contributed by atoms with Crippen molar-refractivity contribution in [2.24, 2.45) is 5.92 Å². The molecule has 3 rings (SSSR count). The molecule has 1 N–H and O–H groups in total. The summed E-state index contributed by atoms with van der Waals surface area (Å²) in [7, 11) is 0. The first kappa shape index (κ1) is 10.5. The molecule has 1 atom stereocenters. The van der Waals surface area contributed by atoms with E-state index in [4.69, 9.17) is 0 Å². The highest BCUT2D eigenvalue weighted by atomic mass is 16.3. The van der Waals surface area contributed by atoms with Gasteiger partial charge in [-0.2, -0.15) is 0 Å². The molecule has 1 fully saturated rings. The molecule has 0 bridgehead atoms. The van der Waals surface area contributed by atoms with Gasteiger partial charge in [-0.25, -0.2) is 0 Å². The van der Waals surface area contributed by atoms with E-state index < -0.39 is 0 Å². The van der Waals surface area contributed by atoms with Crippen LogP contribution >= 0.6 is 0 Å². The van der Waals surface area contributed by atoms with Crippen molar-refractivity contribution < 1.29 is 5.11 Å². The molecule has 0 saturated heterocycles. The predicted octanol–water partition coefficient (Wildman–Crippen LogP) is 2.98. The lowest BCUT2D eigenvalue weighted by Crippen LogP contribution is -2.13. The Morgan fingerprint density at radius 1 is 0.882 bits per heavy atom. The second kappa shape index (κ2) is 4.01. The molecule has 1 aliphatic rings. The molecular weight excluding hydrogens is 208 g/mol. The summed E-state index contributed by atoms with van der Waals surface area (Å²) in [4.78, 5) is 0. The molecule has 0 aromatic heterocycles. The summed E-state index contributed by atoms with van der Waals surface area (Å²) in [5.74, 6) is 0.368. The second-order valence-corrected chi connectivity index (χ2v) is 4.79. The summed E-state index contributed by atoms with van der Waals surface area (Å²) in [6, 6.07) is 21.1. The predicted molar refractivity (Wildman–Crippen MR) is 68.9 cm³/mol. The largest absolute Gasteiger partial charge is 0.396 e. The van der Waals surface area contributed by atoms with Crippen molar-refractivity contribution in [2.75, 3.05) is 6.61 Å². The summed E-state index contributed by atoms with van der Waals surface area (Å²) < 4.78 is 0. The number of aliphatic hydroxyl groups is 1. The van der Waals surface area contributed by atoms with Gasteiger partial charge in [0, 0.05) is 12.0 Å². The molecule has 1 nitrogen and oxygen atoms in total. The zero-order chi connectivity index (χ0) is 11.7. The van der Waals surface area contributed by atoms with Crippen LogP contribution in [0.2, 0.25) is 0 Å². The Balaban J connectivity index is 2.08. The number of rotatable bonds is 3. The minimum atomic E-state index is 0.0528. The summed E-state index contributed by atoms with van der Waals surface area (Å²) in [6.45, 7) is 0.268. The fraction of sp³-hybridized carbons (Fsp3) is 0.250. The first-order chi connectivity index (χ1) is 8.38. The van der Waals surface area contributed by atoms with Crippen molar-refractivity contribution in [1.82, 2.24) is 0 Å². The Kier molecular flexibility index (Phi) is 2.49. The van der Waals surface area contributed by atoms with E-state index in [9.17, 15) is 5.11 Å². The molecule has 0 unspecified atom stereocenters. The minimum Gasteiger partial charge on any atom is -0.396 e. The van der Waals surface area contributed by atoms with E-state index in [-0.39, 0.29) is 12.0 Å². The molecular formula is C16H16O. The number of hydrogen-bond donors (Lipinski definition) is 1. The molecule has 1 heteroatoms. The molecule has 0 aliphatic heterocycles. The van der Waals surface area contributed by atoms with Crippen LogP contribution in [-0.2, 0) is 5.41 Å². The van der Waals surface area contributed by atoms with E-state index in [1.807, 2.05) is 12.1 Å². The summed E-state index contributed by atoms with van der Waals surface area (Å²) in [6.07, 6.45) is 1.05. The van der Waals surface area contributed by atoms with Gasteiger partial charge in [-0.1, -0.05) is 60.7 Å². The van der Waals surface area contributed by atoms with E-state index in [1.54, 1.807) is 0 Å². The Bertz CT molecular complexity index is 450. The van der Waals surface area contributed by atoms with E-state index in [2.05, 4.69) is 48.5 Å². The van der Waals surface area contributed by atoms with Crippen LogP contribution in [0.5, 0.6) is 0 Å². The van der Waals surface area contributed by atoms with Crippen LogP contribution in [0.3, 0.4) is 0 Å². The van der Waals surface area contributed by atoms with Gasteiger partial charge in [0.2, 0.25) is 0 Å². The maximum absolute atomic E-state index is 9.46. The van der Waals surface area contributed by atoms with Crippen LogP contribution in [0.4, 0.5) is 0 Å². The lowest BCUT2D eigenvalue weighted by molar-refractivity contribution is 0.268.